The van der Waals surface area contributed by atoms with E-state index in [2.05, 4.69) is 11.0 Å². The minimum atomic E-state index is -0.0550. The van der Waals surface area contributed by atoms with Gasteiger partial charge < -0.3 is 10.6 Å². The molecule has 0 spiro atoms. The summed E-state index contributed by atoms with van der Waals surface area (Å²) in [5, 5.41) is 12.1. The van der Waals surface area contributed by atoms with Crippen molar-refractivity contribution in [3.63, 3.8) is 0 Å². The van der Waals surface area contributed by atoms with Crippen LogP contribution in [0.1, 0.15) is 29.5 Å². The van der Waals surface area contributed by atoms with Gasteiger partial charge in [-0.05, 0) is 42.3 Å². The van der Waals surface area contributed by atoms with Crippen LogP contribution in [0.5, 0.6) is 0 Å². The number of hydrogen-bond donors (Lipinski definition) is 1. The summed E-state index contributed by atoms with van der Waals surface area (Å²) in [5.41, 5.74) is 8.45. The Kier molecular flexibility index (Phi) is 4.68. The molecule has 4 rings (SSSR count). The van der Waals surface area contributed by atoms with Gasteiger partial charge in [0.1, 0.15) is 4.83 Å². The average molecular weight is 379 g/mol. The van der Waals surface area contributed by atoms with E-state index in [1.807, 2.05) is 30.5 Å². The molecule has 27 heavy (non-hydrogen) atoms. The number of benzene rings is 1. The lowest BCUT2D eigenvalue weighted by Crippen LogP contribution is -2.45. The quantitative estimate of drug-likeness (QED) is 0.756. The maximum Gasteiger partial charge on any atom is 0.264 e. The van der Waals surface area contributed by atoms with Crippen molar-refractivity contribution in [2.24, 2.45) is 5.73 Å². The van der Waals surface area contributed by atoms with Gasteiger partial charge in [-0.1, -0.05) is 18.2 Å². The molecule has 3 aromatic rings. The predicted octanol–water partition coefficient (Wildman–Crippen LogP) is 2.61. The van der Waals surface area contributed by atoms with Crippen LogP contribution >= 0.6 is 11.3 Å². The Labute approximate surface area is 161 Å². The van der Waals surface area contributed by atoms with E-state index in [4.69, 9.17) is 10.7 Å². The molecule has 1 atom stereocenters. The fourth-order valence-corrected chi connectivity index (χ4v) is 4.57. The molecule has 138 valence electrons. The van der Waals surface area contributed by atoms with E-state index in [-0.39, 0.29) is 11.6 Å². The molecule has 3 heterocycles. The summed E-state index contributed by atoms with van der Waals surface area (Å²) >= 11 is 1.50. The SMILES string of the molecule is Cc1csc2nc(N3CCC[C@@H](N)C3)n(Cc3ccccc3C#N)c(=O)c12. The van der Waals surface area contributed by atoms with Gasteiger partial charge >= 0.3 is 0 Å². The fourth-order valence-electron chi connectivity index (χ4n) is 3.66. The van der Waals surface area contributed by atoms with E-state index in [1.54, 1.807) is 10.6 Å². The molecule has 0 unspecified atom stereocenters. The van der Waals surface area contributed by atoms with E-state index in [0.717, 1.165) is 35.3 Å². The number of piperidine rings is 1. The number of thiophene rings is 1. The number of hydrogen-bond acceptors (Lipinski definition) is 6. The maximum absolute atomic E-state index is 13.3. The van der Waals surface area contributed by atoms with E-state index in [9.17, 15) is 10.1 Å². The second-order valence-electron chi connectivity index (χ2n) is 7.02. The first-order valence-corrected chi connectivity index (χ1v) is 9.93. The summed E-state index contributed by atoms with van der Waals surface area (Å²) in [7, 11) is 0. The van der Waals surface area contributed by atoms with Gasteiger partial charge in [-0.3, -0.25) is 9.36 Å². The van der Waals surface area contributed by atoms with Gasteiger partial charge in [0.2, 0.25) is 5.95 Å². The Balaban J connectivity index is 1.89. The largest absolute Gasteiger partial charge is 0.341 e. The molecular formula is C20H21N5OS. The fraction of sp³-hybridized carbons (Fsp3) is 0.350. The average Bonchev–Trinajstić information content (AvgIpc) is 3.05. The summed E-state index contributed by atoms with van der Waals surface area (Å²) in [6, 6.07) is 9.69. The van der Waals surface area contributed by atoms with Crippen LogP contribution in [0.25, 0.3) is 10.2 Å². The lowest BCUT2D eigenvalue weighted by Gasteiger charge is -2.33. The first-order valence-electron chi connectivity index (χ1n) is 9.05. The van der Waals surface area contributed by atoms with Gasteiger partial charge in [-0.25, -0.2) is 4.98 Å². The van der Waals surface area contributed by atoms with Crippen molar-refractivity contribution in [2.45, 2.75) is 32.4 Å². The standard InChI is InChI=1S/C20H21N5OS/c1-13-12-27-18-17(13)19(26)25(10-15-6-3-2-5-14(15)9-21)20(23-18)24-8-4-7-16(22)11-24/h2-3,5-6,12,16H,4,7-8,10-11,22H2,1H3/t16-/m1/s1. The highest BCUT2D eigenvalue weighted by atomic mass is 32.1. The van der Waals surface area contributed by atoms with Crippen LogP contribution in [0.15, 0.2) is 34.4 Å². The summed E-state index contributed by atoms with van der Waals surface area (Å²) in [6.07, 6.45) is 1.96. The van der Waals surface area contributed by atoms with Crippen LogP contribution in [0.4, 0.5) is 5.95 Å². The number of aryl methyl sites for hydroxylation is 1. The van der Waals surface area contributed by atoms with Crippen molar-refractivity contribution in [1.29, 1.82) is 5.26 Å². The third-order valence-corrected chi connectivity index (χ3v) is 6.05. The Morgan fingerprint density at radius 1 is 1.41 bits per heavy atom. The van der Waals surface area contributed by atoms with E-state index in [0.29, 0.717) is 30.0 Å². The van der Waals surface area contributed by atoms with Crippen LogP contribution in [-0.2, 0) is 6.54 Å². The minimum Gasteiger partial charge on any atom is -0.341 e. The predicted molar refractivity (Wildman–Crippen MR) is 108 cm³/mol. The summed E-state index contributed by atoms with van der Waals surface area (Å²) in [5.74, 6) is 0.650. The topological polar surface area (TPSA) is 87.9 Å². The number of nitrogens with two attached hydrogens (primary N) is 1. The van der Waals surface area contributed by atoms with Gasteiger partial charge in [-0.2, -0.15) is 5.26 Å². The van der Waals surface area contributed by atoms with Crippen LogP contribution in [-0.4, -0.2) is 28.7 Å². The zero-order valence-electron chi connectivity index (χ0n) is 15.2. The molecule has 0 bridgehead atoms. The number of anilines is 1. The molecule has 0 amide bonds. The lowest BCUT2D eigenvalue weighted by atomic mass is 10.1. The normalized spacial score (nSPS) is 17.2. The first-order chi connectivity index (χ1) is 13.1. The molecule has 2 N–H and O–H groups in total. The highest BCUT2D eigenvalue weighted by Crippen LogP contribution is 2.25. The number of fused-ring (bicyclic) bond motifs is 1. The Bertz CT molecular complexity index is 1090. The first kappa shape index (κ1) is 17.7. The van der Waals surface area contributed by atoms with E-state index >= 15 is 0 Å². The Morgan fingerprint density at radius 3 is 3.00 bits per heavy atom. The maximum atomic E-state index is 13.3. The zero-order valence-corrected chi connectivity index (χ0v) is 16.0. The minimum absolute atomic E-state index is 0.0550. The van der Waals surface area contributed by atoms with E-state index in [1.165, 1.54) is 11.3 Å². The van der Waals surface area contributed by atoms with Crippen molar-refractivity contribution in [3.8, 4) is 6.07 Å². The second-order valence-corrected chi connectivity index (χ2v) is 7.88. The Morgan fingerprint density at radius 2 is 2.22 bits per heavy atom. The van der Waals surface area contributed by atoms with Crippen LogP contribution in [0.3, 0.4) is 0 Å². The lowest BCUT2D eigenvalue weighted by molar-refractivity contribution is 0.492. The third kappa shape index (κ3) is 3.22. The summed E-state index contributed by atoms with van der Waals surface area (Å²) < 4.78 is 1.70. The van der Waals surface area contributed by atoms with E-state index < -0.39 is 0 Å². The van der Waals surface area contributed by atoms with Gasteiger partial charge in [0.05, 0.1) is 23.6 Å². The van der Waals surface area contributed by atoms with Crippen molar-refractivity contribution in [1.82, 2.24) is 9.55 Å². The highest BCUT2D eigenvalue weighted by Gasteiger charge is 2.24. The number of aromatic nitrogens is 2. The smallest absolute Gasteiger partial charge is 0.264 e. The number of nitriles is 1. The van der Waals surface area contributed by atoms with Crippen LogP contribution in [0, 0.1) is 18.3 Å². The zero-order chi connectivity index (χ0) is 19.0. The molecule has 1 saturated heterocycles. The summed E-state index contributed by atoms with van der Waals surface area (Å²) in [6.45, 7) is 3.77. The highest BCUT2D eigenvalue weighted by molar-refractivity contribution is 7.16. The van der Waals surface area contributed by atoms with Gasteiger partial charge in [0.25, 0.3) is 5.56 Å². The molecule has 0 aliphatic carbocycles. The van der Waals surface area contributed by atoms with Crippen molar-refractivity contribution >= 4 is 27.5 Å². The van der Waals surface area contributed by atoms with Gasteiger partial charge in [0.15, 0.2) is 0 Å². The molecule has 0 saturated carbocycles. The molecule has 1 fully saturated rings. The molecule has 0 radical (unpaired) electrons. The third-order valence-electron chi connectivity index (χ3n) is 5.06. The molecule has 6 nitrogen and oxygen atoms in total. The van der Waals surface area contributed by atoms with Crippen LogP contribution < -0.4 is 16.2 Å². The molecule has 1 aromatic carbocycles. The number of rotatable bonds is 3. The Hall–Kier alpha value is -2.69. The second kappa shape index (κ2) is 7.14. The van der Waals surface area contributed by atoms with Crippen molar-refractivity contribution in [3.05, 3.63) is 56.7 Å². The van der Waals surface area contributed by atoms with Gasteiger partial charge in [-0.15, -0.1) is 11.3 Å². The molecule has 1 aliphatic heterocycles. The molecule has 2 aromatic heterocycles. The molecular weight excluding hydrogens is 358 g/mol. The molecule has 7 heteroatoms. The van der Waals surface area contributed by atoms with Crippen molar-refractivity contribution in [2.75, 3.05) is 18.0 Å². The van der Waals surface area contributed by atoms with Gasteiger partial charge in [0, 0.05) is 19.1 Å². The molecule has 1 aliphatic rings. The summed E-state index contributed by atoms with van der Waals surface area (Å²) in [4.78, 5) is 21.1. The van der Waals surface area contributed by atoms with Crippen molar-refractivity contribution < 1.29 is 0 Å². The monoisotopic (exact) mass is 379 g/mol. The van der Waals surface area contributed by atoms with Crippen LogP contribution in [0.2, 0.25) is 0 Å². The number of nitrogens with zero attached hydrogens (tertiary/aromatic N) is 4.